The van der Waals surface area contributed by atoms with Gasteiger partial charge in [-0.2, -0.15) is 0 Å². The van der Waals surface area contributed by atoms with Gasteiger partial charge in [-0.3, -0.25) is 0 Å². The Kier molecular flexibility index (Phi) is 8.93. The van der Waals surface area contributed by atoms with Crippen LogP contribution >= 0.6 is 0 Å². The standard InChI is InChI=1S/C61H41NO/c1-5-24-51-42(14-1)18-11-28-53(51)46-21-9-20-45(38-46)41-32-35-49(36-33-41)62(50-23-10-22-47(39-50)54-29-12-19-43-15-2-6-25-52(43)54)40-48-17-4-7-26-55(48)57-30-13-31-58-59-37-34-44-16-3-8-27-56(44)60(59)63-61(57)58/h1-39H,40H2. The molecule has 0 amide bonds. The summed E-state index contributed by atoms with van der Waals surface area (Å²) in [6, 6.07) is 85.7. The van der Waals surface area contributed by atoms with Crippen molar-refractivity contribution in [1.29, 1.82) is 0 Å². The zero-order valence-electron chi connectivity index (χ0n) is 34.6. The van der Waals surface area contributed by atoms with Crippen molar-refractivity contribution in [2.75, 3.05) is 4.90 Å². The number of fused-ring (bicyclic) bond motifs is 7. The maximum atomic E-state index is 6.88. The van der Waals surface area contributed by atoms with E-state index in [2.05, 4.69) is 241 Å². The molecule has 11 aromatic carbocycles. The minimum Gasteiger partial charge on any atom is -0.455 e. The van der Waals surface area contributed by atoms with Crippen molar-refractivity contribution in [3.05, 3.63) is 242 Å². The first-order valence-electron chi connectivity index (χ1n) is 21.7. The predicted octanol–water partition coefficient (Wildman–Crippen LogP) is 17.1. The van der Waals surface area contributed by atoms with Gasteiger partial charge in [0.1, 0.15) is 11.2 Å². The monoisotopic (exact) mass is 803 g/mol. The average Bonchev–Trinajstić information content (AvgIpc) is 3.75. The summed E-state index contributed by atoms with van der Waals surface area (Å²) < 4.78 is 6.88. The van der Waals surface area contributed by atoms with Crippen LogP contribution < -0.4 is 4.90 Å². The summed E-state index contributed by atoms with van der Waals surface area (Å²) >= 11 is 0. The molecule has 0 saturated heterocycles. The van der Waals surface area contributed by atoms with E-state index in [1.807, 2.05) is 0 Å². The number of furan rings is 1. The van der Waals surface area contributed by atoms with Crippen molar-refractivity contribution >= 4 is 65.6 Å². The van der Waals surface area contributed by atoms with Crippen LogP contribution in [-0.2, 0) is 6.54 Å². The highest BCUT2D eigenvalue weighted by Crippen LogP contribution is 2.42. The highest BCUT2D eigenvalue weighted by atomic mass is 16.3. The lowest BCUT2D eigenvalue weighted by Gasteiger charge is -2.27. The second kappa shape index (κ2) is 15.4. The molecule has 0 unspecified atom stereocenters. The van der Waals surface area contributed by atoms with E-state index in [1.165, 1.54) is 65.9 Å². The van der Waals surface area contributed by atoms with Crippen LogP contribution in [0.2, 0.25) is 0 Å². The van der Waals surface area contributed by atoms with Gasteiger partial charge in [0.2, 0.25) is 0 Å². The maximum Gasteiger partial charge on any atom is 0.143 e. The highest BCUT2D eigenvalue weighted by Gasteiger charge is 2.19. The average molecular weight is 804 g/mol. The number of para-hydroxylation sites is 1. The lowest BCUT2D eigenvalue weighted by Crippen LogP contribution is -2.17. The summed E-state index contributed by atoms with van der Waals surface area (Å²) in [5.74, 6) is 0. The van der Waals surface area contributed by atoms with E-state index in [9.17, 15) is 0 Å². The smallest absolute Gasteiger partial charge is 0.143 e. The zero-order valence-corrected chi connectivity index (χ0v) is 34.6. The largest absolute Gasteiger partial charge is 0.455 e. The van der Waals surface area contributed by atoms with E-state index in [0.29, 0.717) is 6.54 Å². The van der Waals surface area contributed by atoms with Crippen LogP contribution in [0.15, 0.2) is 241 Å². The van der Waals surface area contributed by atoms with Crippen LogP contribution in [0.4, 0.5) is 11.4 Å². The Labute approximate surface area is 366 Å². The molecule has 1 heterocycles. The van der Waals surface area contributed by atoms with E-state index in [1.54, 1.807) is 0 Å². The van der Waals surface area contributed by atoms with Crippen LogP contribution in [0.3, 0.4) is 0 Å². The molecule has 0 aliphatic heterocycles. The molecule has 2 heteroatoms. The van der Waals surface area contributed by atoms with Crippen molar-refractivity contribution < 1.29 is 4.42 Å². The van der Waals surface area contributed by atoms with Gasteiger partial charge in [0.25, 0.3) is 0 Å². The van der Waals surface area contributed by atoms with Gasteiger partial charge in [-0.1, -0.05) is 200 Å². The molecule has 0 saturated carbocycles. The fraction of sp³-hybridized carbons (Fsp3) is 0.0164. The van der Waals surface area contributed by atoms with E-state index >= 15 is 0 Å². The number of nitrogens with zero attached hydrogens (tertiary/aromatic N) is 1. The van der Waals surface area contributed by atoms with E-state index in [4.69, 9.17) is 4.42 Å². The first kappa shape index (κ1) is 36.6. The molecular formula is C61H41NO. The number of hydrogen-bond acceptors (Lipinski definition) is 2. The number of anilines is 2. The SMILES string of the molecule is c1cc(-c2ccc(N(Cc3ccccc3-c3cccc4c3oc3c5ccccc5ccc43)c3cccc(-c4cccc5ccccc45)c3)cc2)cc(-c2cccc3ccccc23)c1. The van der Waals surface area contributed by atoms with E-state index in [0.717, 1.165) is 49.8 Å². The third-order valence-electron chi connectivity index (χ3n) is 12.8. The summed E-state index contributed by atoms with van der Waals surface area (Å²) in [4.78, 5) is 2.45. The Morgan fingerprint density at radius 1 is 0.286 bits per heavy atom. The quantitative estimate of drug-likeness (QED) is 0.152. The number of hydrogen-bond donors (Lipinski definition) is 0. The predicted molar refractivity (Wildman–Crippen MR) is 267 cm³/mol. The van der Waals surface area contributed by atoms with Gasteiger partial charge in [-0.05, 0) is 108 Å². The molecule has 0 bridgehead atoms. The fourth-order valence-corrected chi connectivity index (χ4v) is 9.66. The summed E-state index contributed by atoms with van der Waals surface area (Å²) in [5.41, 5.74) is 14.8. The van der Waals surface area contributed by atoms with Crippen molar-refractivity contribution in [1.82, 2.24) is 0 Å². The third-order valence-corrected chi connectivity index (χ3v) is 12.8. The number of rotatable bonds is 8. The summed E-state index contributed by atoms with van der Waals surface area (Å²) in [6.07, 6.45) is 0. The Morgan fingerprint density at radius 3 is 1.54 bits per heavy atom. The first-order valence-corrected chi connectivity index (χ1v) is 21.7. The molecule has 0 atom stereocenters. The molecule has 0 aliphatic rings. The lowest BCUT2D eigenvalue weighted by molar-refractivity contribution is 0.673. The minimum atomic E-state index is 0.643. The van der Waals surface area contributed by atoms with Crippen LogP contribution in [0, 0.1) is 0 Å². The van der Waals surface area contributed by atoms with Gasteiger partial charge < -0.3 is 9.32 Å². The molecule has 296 valence electrons. The molecule has 0 spiro atoms. The van der Waals surface area contributed by atoms with Crippen LogP contribution in [0.1, 0.15) is 5.56 Å². The fourth-order valence-electron chi connectivity index (χ4n) is 9.66. The van der Waals surface area contributed by atoms with Crippen LogP contribution in [0.5, 0.6) is 0 Å². The van der Waals surface area contributed by atoms with Gasteiger partial charge in [-0.25, -0.2) is 0 Å². The first-order chi connectivity index (χ1) is 31.2. The van der Waals surface area contributed by atoms with Crippen molar-refractivity contribution in [2.45, 2.75) is 6.54 Å². The maximum absolute atomic E-state index is 6.88. The van der Waals surface area contributed by atoms with Crippen molar-refractivity contribution in [3.8, 4) is 44.5 Å². The van der Waals surface area contributed by atoms with Crippen molar-refractivity contribution in [2.24, 2.45) is 0 Å². The highest BCUT2D eigenvalue weighted by molar-refractivity contribution is 6.17. The van der Waals surface area contributed by atoms with Gasteiger partial charge in [0.15, 0.2) is 0 Å². The third kappa shape index (κ3) is 6.52. The Bertz CT molecular complexity index is 3660. The molecule has 12 aromatic rings. The Balaban J connectivity index is 0.971. The summed E-state index contributed by atoms with van der Waals surface area (Å²) in [6.45, 7) is 0.643. The van der Waals surface area contributed by atoms with Crippen LogP contribution in [0.25, 0.3) is 98.8 Å². The molecular weight excluding hydrogens is 763 g/mol. The lowest BCUT2D eigenvalue weighted by atomic mass is 9.95. The molecule has 0 aliphatic carbocycles. The van der Waals surface area contributed by atoms with Gasteiger partial charge in [0.05, 0.1) is 0 Å². The van der Waals surface area contributed by atoms with Gasteiger partial charge in [-0.15, -0.1) is 0 Å². The molecule has 2 nitrogen and oxygen atoms in total. The molecule has 0 radical (unpaired) electrons. The number of benzene rings is 11. The molecule has 0 N–H and O–H groups in total. The second-order valence-corrected chi connectivity index (χ2v) is 16.4. The topological polar surface area (TPSA) is 16.4 Å². The minimum absolute atomic E-state index is 0.643. The molecule has 1 aromatic heterocycles. The molecule has 12 rings (SSSR count). The summed E-state index contributed by atoms with van der Waals surface area (Å²) in [5, 5.41) is 9.57. The zero-order chi connectivity index (χ0) is 41.7. The molecule has 0 fully saturated rings. The normalized spacial score (nSPS) is 11.6. The van der Waals surface area contributed by atoms with Gasteiger partial charge >= 0.3 is 0 Å². The van der Waals surface area contributed by atoms with E-state index in [-0.39, 0.29) is 0 Å². The van der Waals surface area contributed by atoms with Gasteiger partial charge in [0, 0.05) is 39.6 Å². The second-order valence-electron chi connectivity index (χ2n) is 16.4. The Morgan fingerprint density at radius 2 is 0.794 bits per heavy atom. The van der Waals surface area contributed by atoms with E-state index < -0.39 is 0 Å². The van der Waals surface area contributed by atoms with Crippen LogP contribution in [-0.4, -0.2) is 0 Å². The van der Waals surface area contributed by atoms with Crippen molar-refractivity contribution in [3.63, 3.8) is 0 Å². The summed E-state index contributed by atoms with van der Waals surface area (Å²) in [7, 11) is 0. The molecule has 63 heavy (non-hydrogen) atoms. The Hall–Kier alpha value is -8.20.